The third kappa shape index (κ3) is 2.80. The SMILES string of the molecule is O=C(c1cc(-c2cccnc2)n[nH]1)N1CCC(c2ccccc2)C1. The van der Waals surface area contributed by atoms with Gasteiger partial charge in [-0.15, -0.1) is 0 Å². The van der Waals surface area contributed by atoms with Gasteiger partial charge in [-0.25, -0.2) is 0 Å². The predicted molar refractivity (Wildman–Crippen MR) is 91.5 cm³/mol. The van der Waals surface area contributed by atoms with Crippen molar-refractivity contribution in [3.63, 3.8) is 0 Å². The molecule has 3 heterocycles. The van der Waals surface area contributed by atoms with Crippen molar-refractivity contribution >= 4 is 5.91 Å². The largest absolute Gasteiger partial charge is 0.337 e. The number of hydrogen-bond donors (Lipinski definition) is 1. The molecule has 0 radical (unpaired) electrons. The molecule has 3 aromatic rings. The van der Waals surface area contributed by atoms with Gasteiger partial charge in [0.15, 0.2) is 0 Å². The number of H-pyrrole nitrogens is 1. The molecule has 5 nitrogen and oxygen atoms in total. The molecule has 1 aliphatic heterocycles. The number of likely N-dealkylation sites (tertiary alicyclic amines) is 1. The van der Waals surface area contributed by atoms with E-state index in [2.05, 4.69) is 39.4 Å². The van der Waals surface area contributed by atoms with Gasteiger partial charge in [-0.3, -0.25) is 14.9 Å². The summed E-state index contributed by atoms with van der Waals surface area (Å²) in [4.78, 5) is 18.7. The highest BCUT2D eigenvalue weighted by Crippen LogP contribution is 2.28. The monoisotopic (exact) mass is 318 g/mol. The zero-order valence-electron chi connectivity index (χ0n) is 13.2. The maximum atomic E-state index is 12.7. The minimum Gasteiger partial charge on any atom is -0.337 e. The van der Waals surface area contributed by atoms with Crippen molar-refractivity contribution in [3.05, 3.63) is 72.2 Å². The number of benzene rings is 1. The van der Waals surface area contributed by atoms with E-state index in [9.17, 15) is 4.79 Å². The zero-order valence-corrected chi connectivity index (χ0v) is 13.2. The van der Waals surface area contributed by atoms with E-state index in [1.165, 1.54) is 5.56 Å². The summed E-state index contributed by atoms with van der Waals surface area (Å²) in [5.74, 6) is 0.423. The van der Waals surface area contributed by atoms with Crippen molar-refractivity contribution in [1.82, 2.24) is 20.1 Å². The first-order chi connectivity index (χ1) is 11.8. The summed E-state index contributed by atoms with van der Waals surface area (Å²) in [6.07, 6.45) is 4.46. The summed E-state index contributed by atoms with van der Waals surface area (Å²) in [6.45, 7) is 1.53. The maximum Gasteiger partial charge on any atom is 0.271 e. The number of nitrogens with zero attached hydrogens (tertiary/aromatic N) is 3. The topological polar surface area (TPSA) is 61.9 Å². The lowest BCUT2D eigenvalue weighted by atomic mass is 9.99. The fraction of sp³-hybridized carbons (Fsp3) is 0.211. The van der Waals surface area contributed by atoms with E-state index < -0.39 is 0 Å². The predicted octanol–water partition coefficient (Wildman–Crippen LogP) is 3.10. The average Bonchev–Trinajstić information content (AvgIpc) is 3.33. The van der Waals surface area contributed by atoms with E-state index in [4.69, 9.17) is 0 Å². The van der Waals surface area contributed by atoms with E-state index in [1.807, 2.05) is 23.1 Å². The van der Waals surface area contributed by atoms with Crippen molar-refractivity contribution in [1.29, 1.82) is 0 Å². The lowest BCUT2D eigenvalue weighted by molar-refractivity contribution is 0.0785. The van der Waals surface area contributed by atoms with Gasteiger partial charge in [0.05, 0.1) is 5.69 Å². The van der Waals surface area contributed by atoms with Crippen LogP contribution in [-0.2, 0) is 0 Å². The van der Waals surface area contributed by atoms with E-state index in [-0.39, 0.29) is 5.91 Å². The molecule has 0 bridgehead atoms. The summed E-state index contributed by atoms with van der Waals surface area (Å²) in [6, 6.07) is 16.0. The van der Waals surface area contributed by atoms with Crippen LogP contribution in [0.5, 0.6) is 0 Å². The molecule has 1 aromatic carbocycles. The Labute approximate surface area is 140 Å². The number of aromatic nitrogens is 3. The Morgan fingerprint density at radius 1 is 1.17 bits per heavy atom. The molecule has 0 spiro atoms. The Morgan fingerprint density at radius 2 is 2.04 bits per heavy atom. The second-order valence-electron chi connectivity index (χ2n) is 6.06. The Kier molecular flexibility index (Phi) is 3.83. The number of carbonyl (C=O) groups is 1. The fourth-order valence-electron chi connectivity index (χ4n) is 3.21. The third-order valence-corrected chi connectivity index (χ3v) is 4.51. The molecule has 2 aromatic heterocycles. The van der Waals surface area contributed by atoms with Crippen LogP contribution in [0.15, 0.2) is 60.9 Å². The van der Waals surface area contributed by atoms with Crippen LogP contribution in [0.4, 0.5) is 0 Å². The minimum absolute atomic E-state index is 0.0103. The molecule has 0 aliphatic carbocycles. The second-order valence-corrected chi connectivity index (χ2v) is 6.06. The first-order valence-electron chi connectivity index (χ1n) is 8.11. The number of amides is 1. The summed E-state index contributed by atoms with van der Waals surface area (Å²) in [7, 11) is 0. The molecule has 24 heavy (non-hydrogen) atoms. The molecule has 1 amide bonds. The van der Waals surface area contributed by atoms with Crippen LogP contribution in [0.2, 0.25) is 0 Å². The molecule has 1 aliphatic rings. The number of rotatable bonds is 3. The van der Waals surface area contributed by atoms with E-state index >= 15 is 0 Å². The van der Waals surface area contributed by atoms with Crippen molar-refractivity contribution in [2.75, 3.05) is 13.1 Å². The highest BCUT2D eigenvalue weighted by Gasteiger charge is 2.28. The minimum atomic E-state index is 0.0103. The average molecular weight is 318 g/mol. The summed E-state index contributed by atoms with van der Waals surface area (Å²) < 4.78 is 0. The van der Waals surface area contributed by atoms with Crippen LogP contribution in [0.25, 0.3) is 11.3 Å². The molecule has 1 atom stereocenters. The molecule has 4 rings (SSSR count). The molecule has 5 heteroatoms. The molecule has 120 valence electrons. The fourth-order valence-corrected chi connectivity index (χ4v) is 3.21. The van der Waals surface area contributed by atoms with Gasteiger partial charge >= 0.3 is 0 Å². The number of pyridine rings is 1. The standard InChI is InChI=1S/C19H18N4O/c24-19(18-11-17(21-22-18)15-7-4-9-20-12-15)23-10-8-16(13-23)14-5-2-1-3-6-14/h1-7,9,11-12,16H,8,10,13H2,(H,21,22). The van der Waals surface area contributed by atoms with Gasteiger partial charge < -0.3 is 4.90 Å². The highest BCUT2D eigenvalue weighted by molar-refractivity contribution is 5.93. The second kappa shape index (κ2) is 6.28. The Bertz CT molecular complexity index is 829. The molecular weight excluding hydrogens is 300 g/mol. The molecule has 1 fully saturated rings. The van der Waals surface area contributed by atoms with Gasteiger partial charge in [-0.05, 0) is 30.2 Å². The number of carbonyl (C=O) groups excluding carboxylic acids is 1. The van der Waals surface area contributed by atoms with Crippen LogP contribution in [0, 0.1) is 0 Å². The lowest BCUT2D eigenvalue weighted by Gasteiger charge is -2.15. The zero-order chi connectivity index (χ0) is 16.4. The Hall–Kier alpha value is -2.95. The highest BCUT2D eigenvalue weighted by atomic mass is 16.2. The Morgan fingerprint density at radius 3 is 2.83 bits per heavy atom. The maximum absolute atomic E-state index is 12.7. The summed E-state index contributed by atoms with van der Waals surface area (Å²) in [5, 5.41) is 7.11. The normalized spacial score (nSPS) is 17.2. The number of nitrogens with one attached hydrogen (secondary N) is 1. The van der Waals surface area contributed by atoms with Crippen LogP contribution in [-0.4, -0.2) is 39.1 Å². The van der Waals surface area contributed by atoms with Gasteiger partial charge in [0, 0.05) is 37.0 Å². The molecule has 1 unspecified atom stereocenters. The smallest absolute Gasteiger partial charge is 0.271 e. The third-order valence-electron chi connectivity index (χ3n) is 4.51. The molecule has 1 N–H and O–H groups in total. The van der Waals surface area contributed by atoms with Crippen molar-refractivity contribution in [3.8, 4) is 11.3 Å². The van der Waals surface area contributed by atoms with Gasteiger partial charge in [-0.1, -0.05) is 30.3 Å². The summed E-state index contributed by atoms with van der Waals surface area (Å²) >= 11 is 0. The first-order valence-corrected chi connectivity index (χ1v) is 8.11. The van der Waals surface area contributed by atoms with Crippen molar-refractivity contribution in [2.45, 2.75) is 12.3 Å². The molecular formula is C19H18N4O. The quantitative estimate of drug-likeness (QED) is 0.807. The van der Waals surface area contributed by atoms with Gasteiger partial charge in [0.2, 0.25) is 0 Å². The van der Waals surface area contributed by atoms with E-state index in [1.54, 1.807) is 18.5 Å². The number of hydrogen-bond acceptors (Lipinski definition) is 3. The van der Waals surface area contributed by atoms with Crippen LogP contribution in [0.1, 0.15) is 28.4 Å². The molecule has 0 saturated carbocycles. The van der Waals surface area contributed by atoms with E-state index in [0.717, 1.165) is 30.8 Å². The number of aromatic amines is 1. The van der Waals surface area contributed by atoms with Crippen molar-refractivity contribution in [2.24, 2.45) is 0 Å². The Balaban J connectivity index is 1.48. The molecule has 1 saturated heterocycles. The van der Waals surface area contributed by atoms with Gasteiger partial charge in [0.1, 0.15) is 5.69 Å². The summed E-state index contributed by atoms with van der Waals surface area (Å²) in [5.41, 5.74) is 3.47. The lowest BCUT2D eigenvalue weighted by Crippen LogP contribution is -2.28. The van der Waals surface area contributed by atoms with Crippen LogP contribution >= 0.6 is 0 Å². The van der Waals surface area contributed by atoms with Crippen molar-refractivity contribution < 1.29 is 4.79 Å². The van der Waals surface area contributed by atoms with Gasteiger partial charge in [-0.2, -0.15) is 5.10 Å². The van der Waals surface area contributed by atoms with Crippen LogP contribution < -0.4 is 0 Å². The van der Waals surface area contributed by atoms with Gasteiger partial charge in [0.25, 0.3) is 5.91 Å². The first kappa shape index (κ1) is 14.6. The van der Waals surface area contributed by atoms with Crippen LogP contribution in [0.3, 0.4) is 0 Å². The van der Waals surface area contributed by atoms with E-state index in [0.29, 0.717) is 11.6 Å².